The number of fused-ring (bicyclic) bond motifs is 2. The number of aromatic nitrogens is 3. The molecule has 0 radical (unpaired) electrons. The summed E-state index contributed by atoms with van der Waals surface area (Å²) in [4.78, 5) is 26.5. The third-order valence-electron chi connectivity index (χ3n) is 5.87. The van der Waals surface area contributed by atoms with E-state index in [2.05, 4.69) is 10.3 Å². The van der Waals surface area contributed by atoms with Gasteiger partial charge in [-0.3, -0.25) is 9.78 Å². The minimum atomic E-state index is -0.378. The fraction of sp³-hybridized carbons (Fsp3) is 0.185. The number of thioether (sulfide) groups is 1. The minimum absolute atomic E-state index is 0.0568. The van der Waals surface area contributed by atoms with Gasteiger partial charge < -0.3 is 19.9 Å². The summed E-state index contributed by atoms with van der Waals surface area (Å²) in [5.74, 6) is 1.34. The molecule has 2 N–H and O–H groups in total. The Kier molecular flexibility index (Phi) is 7.02. The van der Waals surface area contributed by atoms with Gasteiger partial charge in [0, 0.05) is 29.4 Å². The molecule has 2 aromatic carbocycles. The van der Waals surface area contributed by atoms with Crippen LogP contribution < -0.4 is 14.8 Å². The largest absolute Gasteiger partial charge is 0.496 e. The lowest BCUT2D eigenvalue weighted by Gasteiger charge is -2.24. The first-order chi connectivity index (χ1) is 18.0. The lowest BCUT2D eigenvalue weighted by Crippen LogP contribution is -2.16. The Morgan fingerprint density at radius 1 is 1.16 bits per heavy atom. The van der Waals surface area contributed by atoms with E-state index in [1.807, 2.05) is 31.2 Å². The van der Waals surface area contributed by atoms with Crippen LogP contribution in [0.4, 0.5) is 10.1 Å². The highest BCUT2D eigenvalue weighted by atomic mass is 32.2. The van der Waals surface area contributed by atoms with Crippen LogP contribution in [0.25, 0.3) is 11.4 Å². The van der Waals surface area contributed by atoms with Gasteiger partial charge >= 0.3 is 0 Å². The molecule has 1 aliphatic heterocycles. The summed E-state index contributed by atoms with van der Waals surface area (Å²) in [5.41, 5.74) is 4.05. The van der Waals surface area contributed by atoms with E-state index in [1.165, 1.54) is 36.0 Å². The van der Waals surface area contributed by atoms with E-state index < -0.39 is 0 Å². The number of carbonyl (C=O) groups excluding carboxylic acids is 1. The molecular weight excluding hydrogens is 495 g/mol. The second kappa shape index (κ2) is 10.5. The number of methoxy groups -OCH3 is 1. The van der Waals surface area contributed by atoms with Gasteiger partial charge in [-0.15, -0.1) is 0 Å². The van der Waals surface area contributed by atoms with Crippen molar-refractivity contribution in [2.24, 2.45) is 0 Å². The highest BCUT2D eigenvalue weighted by Gasteiger charge is 2.28. The molecule has 1 aliphatic rings. The zero-order valence-corrected chi connectivity index (χ0v) is 20.9. The van der Waals surface area contributed by atoms with E-state index in [-0.39, 0.29) is 24.1 Å². The number of para-hydroxylation sites is 1. The van der Waals surface area contributed by atoms with Crippen molar-refractivity contribution in [3.63, 3.8) is 0 Å². The molecule has 5 rings (SSSR count). The van der Waals surface area contributed by atoms with Crippen LogP contribution in [0.2, 0.25) is 0 Å². The van der Waals surface area contributed by atoms with Crippen LogP contribution in [0.1, 0.15) is 22.4 Å². The summed E-state index contributed by atoms with van der Waals surface area (Å²) in [5, 5.41) is 13.2. The molecule has 0 unspecified atom stereocenters. The topological polar surface area (TPSA) is 106 Å². The first-order valence-electron chi connectivity index (χ1n) is 11.5. The number of rotatable bonds is 7. The standard InChI is InChI=1S/C27H23FN4O4S/c1-15-24-20(16(13-33)12-29-15)11-21-26(36-24)31-25(19-5-3-4-6-22(19)35-2)32-27(21)37-14-23(34)30-18-9-7-17(28)8-10-18/h3-10,12,33H,11,13-14H2,1-2H3,(H,30,34). The van der Waals surface area contributed by atoms with E-state index in [0.717, 1.165) is 5.56 Å². The maximum Gasteiger partial charge on any atom is 0.234 e. The summed E-state index contributed by atoms with van der Waals surface area (Å²) >= 11 is 1.24. The van der Waals surface area contributed by atoms with Gasteiger partial charge in [-0.1, -0.05) is 23.9 Å². The first-order valence-corrected chi connectivity index (χ1v) is 12.4. The van der Waals surface area contributed by atoms with E-state index in [4.69, 9.17) is 19.4 Å². The molecule has 8 nitrogen and oxygen atoms in total. The number of aliphatic hydroxyl groups excluding tert-OH is 1. The van der Waals surface area contributed by atoms with Gasteiger partial charge in [0.2, 0.25) is 11.8 Å². The van der Waals surface area contributed by atoms with Crippen LogP contribution in [0, 0.1) is 12.7 Å². The highest BCUT2D eigenvalue weighted by molar-refractivity contribution is 8.00. The molecule has 37 heavy (non-hydrogen) atoms. The molecule has 0 aliphatic carbocycles. The van der Waals surface area contributed by atoms with Gasteiger partial charge in [-0.2, -0.15) is 4.98 Å². The molecule has 0 spiro atoms. The van der Waals surface area contributed by atoms with Gasteiger partial charge in [0.05, 0.1) is 36.3 Å². The molecule has 0 saturated carbocycles. The van der Waals surface area contributed by atoms with Crippen molar-refractivity contribution in [1.82, 2.24) is 15.0 Å². The van der Waals surface area contributed by atoms with E-state index >= 15 is 0 Å². The Bertz CT molecular complexity index is 1480. The number of nitrogens with zero attached hydrogens (tertiary/aromatic N) is 3. The Hall–Kier alpha value is -4.02. The van der Waals surface area contributed by atoms with Crippen LogP contribution in [-0.2, 0) is 17.8 Å². The average Bonchev–Trinajstić information content (AvgIpc) is 2.92. The van der Waals surface area contributed by atoms with Crippen LogP contribution in [0.5, 0.6) is 17.4 Å². The fourth-order valence-corrected chi connectivity index (χ4v) is 4.85. The third-order valence-corrected chi connectivity index (χ3v) is 6.89. The fourth-order valence-electron chi connectivity index (χ4n) is 4.03. The van der Waals surface area contributed by atoms with E-state index in [1.54, 1.807) is 13.3 Å². The summed E-state index contributed by atoms with van der Waals surface area (Å²) in [6.45, 7) is 1.65. The number of aliphatic hydroxyl groups is 1. The normalized spacial score (nSPS) is 11.8. The van der Waals surface area contributed by atoms with Gasteiger partial charge in [0.1, 0.15) is 16.6 Å². The zero-order chi connectivity index (χ0) is 25.9. The molecule has 1 amide bonds. The average molecular weight is 519 g/mol. The van der Waals surface area contributed by atoms with Crippen molar-refractivity contribution in [3.8, 4) is 28.8 Å². The quantitative estimate of drug-likeness (QED) is 0.231. The van der Waals surface area contributed by atoms with E-state index in [0.29, 0.717) is 62.7 Å². The number of carbonyl (C=O) groups is 1. The summed E-state index contributed by atoms with van der Waals surface area (Å²) in [6.07, 6.45) is 2.05. The van der Waals surface area contributed by atoms with Gasteiger partial charge in [0.25, 0.3) is 0 Å². The molecule has 0 saturated heterocycles. The maximum absolute atomic E-state index is 13.2. The van der Waals surface area contributed by atoms with Crippen molar-refractivity contribution in [2.75, 3.05) is 18.2 Å². The summed E-state index contributed by atoms with van der Waals surface area (Å²) in [7, 11) is 1.57. The highest BCUT2D eigenvalue weighted by Crippen LogP contribution is 2.43. The van der Waals surface area contributed by atoms with Gasteiger partial charge in [-0.05, 0) is 43.3 Å². The van der Waals surface area contributed by atoms with Crippen LogP contribution in [0.3, 0.4) is 0 Å². The summed E-state index contributed by atoms with van der Waals surface area (Å²) in [6, 6.07) is 13.0. The number of hydrogen-bond donors (Lipinski definition) is 2. The number of pyridine rings is 1. The van der Waals surface area contributed by atoms with Crippen molar-refractivity contribution in [1.29, 1.82) is 0 Å². The zero-order valence-electron chi connectivity index (χ0n) is 20.1. The van der Waals surface area contributed by atoms with E-state index in [9.17, 15) is 14.3 Å². The smallest absolute Gasteiger partial charge is 0.234 e. The number of ether oxygens (including phenoxy) is 2. The number of amides is 1. The van der Waals surface area contributed by atoms with Gasteiger partial charge in [0.15, 0.2) is 11.6 Å². The van der Waals surface area contributed by atoms with Crippen LogP contribution >= 0.6 is 11.8 Å². The second-order valence-electron chi connectivity index (χ2n) is 8.29. The number of benzene rings is 2. The molecule has 4 aromatic rings. The number of halogens is 1. The molecule has 0 fully saturated rings. The maximum atomic E-state index is 13.2. The van der Waals surface area contributed by atoms with Crippen molar-refractivity contribution < 1.29 is 23.8 Å². The van der Waals surface area contributed by atoms with Gasteiger partial charge in [-0.25, -0.2) is 9.37 Å². The minimum Gasteiger partial charge on any atom is -0.496 e. The Labute approximate surface area is 216 Å². The lowest BCUT2D eigenvalue weighted by molar-refractivity contribution is -0.113. The summed E-state index contributed by atoms with van der Waals surface area (Å²) < 4.78 is 24.9. The molecule has 0 bridgehead atoms. The monoisotopic (exact) mass is 518 g/mol. The molecule has 10 heteroatoms. The number of hydrogen-bond acceptors (Lipinski definition) is 8. The number of anilines is 1. The van der Waals surface area contributed by atoms with Crippen molar-refractivity contribution in [2.45, 2.75) is 25.0 Å². The Balaban J connectivity index is 1.51. The Morgan fingerprint density at radius 3 is 2.70 bits per heavy atom. The lowest BCUT2D eigenvalue weighted by atomic mass is 9.99. The predicted molar refractivity (Wildman–Crippen MR) is 138 cm³/mol. The van der Waals surface area contributed by atoms with Crippen molar-refractivity contribution >= 4 is 23.4 Å². The third kappa shape index (κ3) is 5.11. The second-order valence-corrected chi connectivity index (χ2v) is 9.26. The number of aryl methyl sites for hydroxylation is 1. The molecular formula is C27H23FN4O4S. The van der Waals surface area contributed by atoms with Crippen LogP contribution in [0.15, 0.2) is 59.8 Å². The van der Waals surface area contributed by atoms with Crippen LogP contribution in [-0.4, -0.2) is 38.8 Å². The molecule has 3 heterocycles. The Morgan fingerprint density at radius 2 is 1.95 bits per heavy atom. The first kappa shape index (κ1) is 24.7. The molecule has 0 atom stereocenters. The molecule has 2 aromatic heterocycles. The predicted octanol–water partition coefficient (Wildman–Crippen LogP) is 4.91. The SMILES string of the molecule is COc1ccccc1-c1nc2c(c(SCC(=O)Nc3ccc(F)cc3)n1)Cc1c(CO)cnc(C)c1O2. The van der Waals surface area contributed by atoms with Crippen molar-refractivity contribution in [3.05, 3.63) is 82.9 Å². The number of nitrogens with one attached hydrogen (secondary N) is 1. The molecule has 188 valence electrons.